The van der Waals surface area contributed by atoms with Crippen LogP contribution in [0, 0.1) is 3.57 Å². The van der Waals surface area contributed by atoms with Gasteiger partial charge in [-0.25, -0.2) is 4.98 Å². The Hall–Kier alpha value is -2.14. The van der Waals surface area contributed by atoms with Gasteiger partial charge in [0.05, 0.1) is 11.9 Å². The van der Waals surface area contributed by atoms with Crippen molar-refractivity contribution in [3.8, 4) is 0 Å². The fraction of sp³-hybridized carbons (Fsp3) is 0.500. The molecule has 4 rings (SSSR count). The molecule has 31 heavy (non-hydrogen) atoms. The fourth-order valence-corrected chi connectivity index (χ4v) is 4.50. The highest BCUT2D eigenvalue weighted by Gasteiger charge is 2.21. The zero-order valence-electron chi connectivity index (χ0n) is 18.0. The summed E-state index contributed by atoms with van der Waals surface area (Å²) in [5.41, 5.74) is 8.61. The standard InChI is InChI=1S/C22H30IN7O/c1-22(2,31)12-26-21-28-19(25-11-14-10-15(23)8-9-17(14)24)18-20(29-21)30(13-27-18)16-6-4-3-5-7-16/h8-10,13,16,31H,3-7,11-12,24H2,1-2H3,(H2,25,26,28,29). The van der Waals surface area contributed by atoms with Crippen molar-refractivity contribution in [1.29, 1.82) is 0 Å². The van der Waals surface area contributed by atoms with Crippen LogP contribution in [0.3, 0.4) is 0 Å². The summed E-state index contributed by atoms with van der Waals surface area (Å²) in [5, 5.41) is 16.7. The first-order chi connectivity index (χ1) is 14.8. The van der Waals surface area contributed by atoms with Crippen molar-refractivity contribution in [2.45, 2.75) is 64.1 Å². The molecule has 9 heteroatoms. The molecule has 0 radical (unpaired) electrons. The van der Waals surface area contributed by atoms with Crippen molar-refractivity contribution < 1.29 is 5.11 Å². The number of anilines is 3. The van der Waals surface area contributed by atoms with E-state index in [1.165, 1.54) is 19.3 Å². The quantitative estimate of drug-likeness (QED) is 0.263. The number of nitrogens with two attached hydrogens (primary N) is 1. The van der Waals surface area contributed by atoms with E-state index < -0.39 is 5.60 Å². The number of fused-ring (bicyclic) bond motifs is 1. The van der Waals surface area contributed by atoms with Crippen LogP contribution in [0.25, 0.3) is 11.2 Å². The third kappa shape index (κ3) is 5.38. The van der Waals surface area contributed by atoms with Crippen molar-refractivity contribution in [2.24, 2.45) is 0 Å². The van der Waals surface area contributed by atoms with Gasteiger partial charge in [0.2, 0.25) is 5.95 Å². The van der Waals surface area contributed by atoms with Crippen LogP contribution < -0.4 is 16.4 Å². The Bertz CT molecular complexity index is 1050. The first-order valence-electron chi connectivity index (χ1n) is 10.8. The maximum atomic E-state index is 10.1. The van der Waals surface area contributed by atoms with E-state index in [0.29, 0.717) is 30.9 Å². The number of nitrogen functional groups attached to an aromatic ring is 1. The van der Waals surface area contributed by atoms with Crippen LogP contribution in [0.15, 0.2) is 24.5 Å². The van der Waals surface area contributed by atoms with Gasteiger partial charge < -0.3 is 26.0 Å². The Morgan fingerprint density at radius 2 is 1.97 bits per heavy atom. The molecule has 166 valence electrons. The summed E-state index contributed by atoms with van der Waals surface area (Å²) in [7, 11) is 0. The molecule has 0 aliphatic heterocycles. The molecular weight excluding hydrogens is 505 g/mol. The van der Waals surface area contributed by atoms with Crippen LogP contribution in [0.2, 0.25) is 0 Å². The molecule has 2 heterocycles. The first kappa shape index (κ1) is 22.1. The summed E-state index contributed by atoms with van der Waals surface area (Å²) in [5.74, 6) is 1.14. The van der Waals surface area contributed by atoms with Gasteiger partial charge in [-0.1, -0.05) is 19.3 Å². The van der Waals surface area contributed by atoms with E-state index in [1.807, 2.05) is 18.5 Å². The molecule has 1 aliphatic carbocycles. The SMILES string of the molecule is CC(C)(O)CNc1nc(NCc2cc(I)ccc2N)c2ncn(C3CCCCC3)c2n1. The zero-order chi connectivity index (χ0) is 22.0. The molecule has 0 bridgehead atoms. The monoisotopic (exact) mass is 535 g/mol. The summed E-state index contributed by atoms with van der Waals surface area (Å²) in [6.07, 6.45) is 7.93. The van der Waals surface area contributed by atoms with Gasteiger partial charge in [0.15, 0.2) is 17.0 Å². The van der Waals surface area contributed by atoms with Gasteiger partial charge in [-0.2, -0.15) is 9.97 Å². The molecule has 2 aromatic heterocycles. The van der Waals surface area contributed by atoms with Gasteiger partial charge >= 0.3 is 0 Å². The zero-order valence-corrected chi connectivity index (χ0v) is 20.2. The molecule has 1 aromatic carbocycles. The molecule has 1 saturated carbocycles. The summed E-state index contributed by atoms with van der Waals surface area (Å²) >= 11 is 2.28. The van der Waals surface area contributed by atoms with Crippen LogP contribution in [0.4, 0.5) is 17.5 Å². The van der Waals surface area contributed by atoms with Gasteiger partial charge in [-0.05, 0) is 73.0 Å². The first-order valence-corrected chi connectivity index (χ1v) is 11.9. The second-order valence-corrected chi connectivity index (χ2v) is 10.1. The number of benzene rings is 1. The third-order valence-electron chi connectivity index (χ3n) is 5.62. The molecule has 0 spiro atoms. The highest BCUT2D eigenvalue weighted by molar-refractivity contribution is 14.1. The molecule has 8 nitrogen and oxygen atoms in total. The molecular formula is C22H30IN7O. The second kappa shape index (κ2) is 9.15. The van der Waals surface area contributed by atoms with Crippen LogP contribution in [0.1, 0.15) is 57.6 Å². The Morgan fingerprint density at radius 1 is 1.19 bits per heavy atom. The van der Waals surface area contributed by atoms with Gasteiger partial charge in [-0.15, -0.1) is 0 Å². The number of nitrogens with one attached hydrogen (secondary N) is 2. The minimum atomic E-state index is -0.870. The lowest BCUT2D eigenvalue weighted by molar-refractivity contribution is 0.0943. The maximum Gasteiger partial charge on any atom is 0.226 e. The van der Waals surface area contributed by atoms with E-state index in [9.17, 15) is 5.11 Å². The average molecular weight is 535 g/mol. The van der Waals surface area contributed by atoms with E-state index >= 15 is 0 Å². The molecule has 1 aliphatic rings. The number of imidazole rings is 1. The maximum absolute atomic E-state index is 10.1. The smallest absolute Gasteiger partial charge is 0.226 e. The molecule has 0 saturated heterocycles. The summed E-state index contributed by atoms with van der Waals surface area (Å²) in [6.45, 7) is 4.39. The Balaban J connectivity index is 1.68. The van der Waals surface area contributed by atoms with Gasteiger partial charge in [0.1, 0.15) is 0 Å². The third-order valence-corrected chi connectivity index (χ3v) is 6.29. The predicted octanol–water partition coefficient (Wildman–Crippen LogP) is 4.31. The highest BCUT2D eigenvalue weighted by atomic mass is 127. The summed E-state index contributed by atoms with van der Waals surface area (Å²) in [4.78, 5) is 14.1. The van der Waals surface area contributed by atoms with Crippen LogP contribution in [0.5, 0.6) is 0 Å². The predicted molar refractivity (Wildman–Crippen MR) is 133 cm³/mol. The molecule has 3 aromatic rings. The van der Waals surface area contributed by atoms with Gasteiger partial charge in [0.25, 0.3) is 0 Å². The lowest BCUT2D eigenvalue weighted by Crippen LogP contribution is -2.30. The second-order valence-electron chi connectivity index (χ2n) is 8.87. The largest absolute Gasteiger partial charge is 0.398 e. The van der Waals surface area contributed by atoms with Crippen LogP contribution in [-0.4, -0.2) is 36.8 Å². The minimum Gasteiger partial charge on any atom is -0.398 e. The number of nitrogens with zero attached hydrogens (tertiary/aromatic N) is 4. The number of rotatable bonds is 7. The molecule has 1 fully saturated rings. The summed E-state index contributed by atoms with van der Waals surface area (Å²) in [6, 6.07) is 6.39. The van der Waals surface area contributed by atoms with Crippen molar-refractivity contribution in [2.75, 3.05) is 22.9 Å². The van der Waals surface area contributed by atoms with Crippen molar-refractivity contribution in [3.05, 3.63) is 33.7 Å². The Labute approximate surface area is 196 Å². The average Bonchev–Trinajstić information content (AvgIpc) is 3.17. The molecule has 0 atom stereocenters. The number of hydrogen-bond acceptors (Lipinski definition) is 7. The molecule has 0 amide bonds. The molecule has 0 unspecified atom stereocenters. The normalized spacial score (nSPS) is 15.4. The van der Waals surface area contributed by atoms with E-state index in [4.69, 9.17) is 10.7 Å². The highest BCUT2D eigenvalue weighted by Crippen LogP contribution is 2.32. The van der Waals surface area contributed by atoms with Crippen LogP contribution >= 0.6 is 22.6 Å². The van der Waals surface area contributed by atoms with Gasteiger partial charge in [0, 0.05) is 28.4 Å². The van der Waals surface area contributed by atoms with Gasteiger partial charge in [-0.3, -0.25) is 0 Å². The van der Waals surface area contributed by atoms with E-state index in [2.05, 4.69) is 53.8 Å². The number of aromatic nitrogens is 4. The minimum absolute atomic E-state index is 0.347. The van der Waals surface area contributed by atoms with Crippen molar-refractivity contribution >= 4 is 51.2 Å². The Kier molecular flexibility index (Phi) is 6.52. The Morgan fingerprint density at radius 3 is 2.71 bits per heavy atom. The van der Waals surface area contributed by atoms with E-state index in [1.54, 1.807) is 13.8 Å². The fourth-order valence-electron chi connectivity index (χ4n) is 3.95. The topological polar surface area (TPSA) is 114 Å². The molecule has 5 N–H and O–H groups in total. The lowest BCUT2D eigenvalue weighted by atomic mass is 9.95. The number of hydrogen-bond donors (Lipinski definition) is 4. The van der Waals surface area contributed by atoms with E-state index in [0.717, 1.165) is 38.8 Å². The number of aliphatic hydroxyl groups is 1. The lowest BCUT2D eigenvalue weighted by Gasteiger charge is -2.23. The van der Waals surface area contributed by atoms with Crippen molar-refractivity contribution in [3.63, 3.8) is 0 Å². The van der Waals surface area contributed by atoms with Crippen molar-refractivity contribution in [1.82, 2.24) is 19.5 Å². The van der Waals surface area contributed by atoms with E-state index in [-0.39, 0.29) is 0 Å². The number of halogens is 1. The van der Waals surface area contributed by atoms with Crippen LogP contribution in [-0.2, 0) is 6.54 Å². The summed E-state index contributed by atoms with van der Waals surface area (Å²) < 4.78 is 3.32.